The van der Waals surface area contributed by atoms with Crippen molar-refractivity contribution < 1.29 is 9.85 Å². The fourth-order valence-electron chi connectivity index (χ4n) is 2.08. The number of halogens is 1. The summed E-state index contributed by atoms with van der Waals surface area (Å²) in [7, 11) is 0. The molecule has 0 spiro atoms. The molecule has 0 atom stereocenters. The molecule has 0 radical (unpaired) electrons. The second-order valence-corrected chi connectivity index (χ2v) is 5.11. The molecule has 2 rings (SSSR count). The molecule has 10 heteroatoms. The summed E-state index contributed by atoms with van der Waals surface area (Å²) < 4.78 is 0. The molecule has 0 aliphatic carbocycles. The van der Waals surface area contributed by atoms with Gasteiger partial charge in [0.25, 0.3) is 11.4 Å². The van der Waals surface area contributed by atoms with E-state index in [2.05, 4.69) is 10.3 Å². The molecule has 3 N–H and O–H groups in total. The van der Waals surface area contributed by atoms with Gasteiger partial charge in [-0.25, -0.2) is 4.99 Å². The summed E-state index contributed by atoms with van der Waals surface area (Å²) in [4.78, 5) is 24.7. The van der Waals surface area contributed by atoms with Crippen molar-refractivity contribution in [3.63, 3.8) is 0 Å². The Bertz CT molecular complexity index is 854. The molecule has 0 amide bonds. The topological polar surface area (TPSA) is 137 Å². The average Bonchev–Trinajstić information content (AvgIpc) is 2.50. The Kier molecular flexibility index (Phi) is 6.40. The van der Waals surface area contributed by atoms with Crippen LogP contribution in [-0.4, -0.2) is 15.8 Å². The van der Waals surface area contributed by atoms with Crippen molar-refractivity contribution in [1.29, 1.82) is 0 Å². The number of hydrogen-bond acceptors (Lipinski definition) is 5. The quantitative estimate of drug-likeness (QED) is 0.367. The second kappa shape index (κ2) is 8.06. The van der Waals surface area contributed by atoms with Crippen LogP contribution in [-0.2, 0) is 0 Å². The number of nitrogens with one attached hydrogen (secondary N) is 1. The molecule has 0 bridgehead atoms. The van der Waals surface area contributed by atoms with Crippen LogP contribution in [0.25, 0.3) is 0 Å². The first-order valence-electron chi connectivity index (χ1n) is 6.89. The predicted molar refractivity (Wildman–Crippen MR) is 97.8 cm³/mol. The van der Waals surface area contributed by atoms with Gasteiger partial charge in [0.1, 0.15) is 0 Å². The normalized spacial score (nSPS) is 10.7. The first kappa shape index (κ1) is 19.8. The van der Waals surface area contributed by atoms with E-state index in [4.69, 9.17) is 5.73 Å². The Labute approximate surface area is 149 Å². The number of benzene rings is 2. The lowest BCUT2D eigenvalue weighted by molar-refractivity contribution is -0.385. The highest BCUT2D eigenvalue weighted by Gasteiger charge is 2.10. The highest BCUT2D eigenvalue weighted by Crippen LogP contribution is 2.24. The standard InChI is InChI=1S/C15H15N5O4.ClH/c1-9-7-11(19(21)22)3-5-13(9)17-15(16)18-14-6-4-12(20(23)24)8-10(14)2;/h3-8H,1-2H3,(H3,16,17,18);1H. The molecule has 2 aromatic carbocycles. The Morgan fingerprint density at radius 1 is 1.00 bits per heavy atom. The van der Waals surface area contributed by atoms with Crippen LogP contribution in [0.1, 0.15) is 11.1 Å². The molecule has 0 heterocycles. The number of rotatable bonds is 4. The summed E-state index contributed by atoms with van der Waals surface area (Å²) in [5.74, 6) is 0.0731. The van der Waals surface area contributed by atoms with Crippen LogP contribution < -0.4 is 11.1 Å². The molecule has 0 aliphatic heterocycles. The number of guanidine groups is 1. The summed E-state index contributed by atoms with van der Waals surface area (Å²) in [6, 6.07) is 8.58. The zero-order valence-electron chi connectivity index (χ0n) is 13.4. The largest absolute Gasteiger partial charge is 0.369 e. The van der Waals surface area contributed by atoms with E-state index >= 15 is 0 Å². The van der Waals surface area contributed by atoms with E-state index in [1.54, 1.807) is 19.9 Å². The third-order valence-electron chi connectivity index (χ3n) is 3.32. The Morgan fingerprint density at radius 3 is 2.00 bits per heavy atom. The van der Waals surface area contributed by atoms with Crippen molar-refractivity contribution in [3.05, 3.63) is 67.8 Å². The van der Waals surface area contributed by atoms with Crippen molar-refractivity contribution in [2.24, 2.45) is 10.7 Å². The molecular formula is C15H16ClN5O4. The molecule has 0 unspecified atom stereocenters. The number of anilines is 1. The molecule has 0 aliphatic rings. The maximum atomic E-state index is 10.7. The second-order valence-electron chi connectivity index (χ2n) is 5.11. The van der Waals surface area contributed by atoms with Crippen molar-refractivity contribution in [3.8, 4) is 0 Å². The minimum Gasteiger partial charge on any atom is -0.369 e. The van der Waals surface area contributed by atoms with E-state index in [1.165, 1.54) is 30.3 Å². The number of aliphatic imine (C=N–C) groups is 1. The summed E-state index contributed by atoms with van der Waals surface area (Å²) in [6.45, 7) is 3.40. The van der Waals surface area contributed by atoms with Crippen LogP contribution in [0, 0.1) is 34.1 Å². The average molecular weight is 366 g/mol. The smallest absolute Gasteiger partial charge is 0.269 e. The first-order valence-corrected chi connectivity index (χ1v) is 6.89. The lowest BCUT2D eigenvalue weighted by Crippen LogP contribution is -2.22. The summed E-state index contributed by atoms with van der Waals surface area (Å²) in [6.07, 6.45) is 0. The predicted octanol–water partition coefficient (Wildman–Crippen LogP) is 3.60. The van der Waals surface area contributed by atoms with Crippen molar-refractivity contribution in [2.45, 2.75) is 13.8 Å². The number of nitrogens with zero attached hydrogens (tertiary/aromatic N) is 3. The molecule has 2 aromatic rings. The van der Waals surface area contributed by atoms with Gasteiger partial charge in [0.05, 0.1) is 15.5 Å². The van der Waals surface area contributed by atoms with Crippen LogP contribution in [0.3, 0.4) is 0 Å². The number of nitro benzene ring substituents is 2. The maximum absolute atomic E-state index is 10.7. The summed E-state index contributed by atoms with van der Waals surface area (Å²) >= 11 is 0. The molecule has 0 saturated heterocycles. The lowest BCUT2D eigenvalue weighted by atomic mass is 10.2. The van der Waals surface area contributed by atoms with Gasteiger partial charge in [-0.3, -0.25) is 20.2 Å². The van der Waals surface area contributed by atoms with E-state index < -0.39 is 9.85 Å². The Morgan fingerprint density at radius 2 is 1.52 bits per heavy atom. The van der Waals surface area contributed by atoms with Gasteiger partial charge in [-0.1, -0.05) is 0 Å². The zero-order chi connectivity index (χ0) is 17.9. The van der Waals surface area contributed by atoms with Crippen molar-refractivity contribution in [1.82, 2.24) is 0 Å². The minimum absolute atomic E-state index is 0. The van der Waals surface area contributed by atoms with Crippen LogP contribution in [0.2, 0.25) is 0 Å². The summed E-state index contributed by atoms with van der Waals surface area (Å²) in [5, 5.41) is 24.3. The monoisotopic (exact) mass is 365 g/mol. The third-order valence-corrected chi connectivity index (χ3v) is 3.32. The van der Waals surface area contributed by atoms with Crippen LogP contribution in [0.15, 0.2) is 41.4 Å². The minimum atomic E-state index is -0.484. The van der Waals surface area contributed by atoms with Gasteiger partial charge in [0.2, 0.25) is 0 Å². The first-order chi connectivity index (χ1) is 11.3. The summed E-state index contributed by atoms with van der Waals surface area (Å²) in [5.41, 5.74) is 8.13. The van der Waals surface area contributed by atoms with E-state index in [0.717, 1.165) is 0 Å². The van der Waals surface area contributed by atoms with Gasteiger partial charge in [0.15, 0.2) is 5.96 Å². The van der Waals surface area contributed by atoms with Gasteiger partial charge >= 0.3 is 0 Å². The number of hydrogen-bond donors (Lipinski definition) is 2. The molecule has 0 fully saturated rings. The fraction of sp³-hybridized carbons (Fsp3) is 0.133. The Hall–Kier alpha value is -3.20. The molecular weight excluding hydrogens is 350 g/mol. The van der Waals surface area contributed by atoms with Crippen LogP contribution >= 0.6 is 12.4 Å². The van der Waals surface area contributed by atoms with Gasteiger partial charge in [0, 0.05) is 30.0 Å². The number of nitrogens with two attached hydrogens (primary N) is 1. The van der Waals surface area contributed by atoms with Gasteiger partial charge in [-0.05, 0) is 37.1 Å². The maximum Gasteiger partial charge on any atom is 0.269 e. The highest BCUT2D eigenvalue weighted by molar-refractivity contribution is 5.95. The van der Waals surface area contributed by atoms with Gasteiger partial charge < -0.3 is 11.1 Å². The molecule has 9 nitrogen and oxygen atoms in total. The van der Waals surface area contributed by atoms with Gasteiger partial charge in [-0.15, -0.1) is 12.4 Å². The zero-order valence-corrected chi connectivity index (χ0v) is 14.2. The molecule has 132 valence electrons. The Balaban J connectivity index is 0.00000312. The third kappa shape index (κ3) is 4.88. The molecule has 0 saturated carbocycles. The van der Waals surface area contributed by atoms with Gasteiger partial charge in [-0.2, -0.15) is 0 Å². The number of nitro groups is 2. The lowest BCUT2D eigenvalue weighted by Gasteiger charge is -2.09. The van der Waals surface area contributed by atoms with E-state index in [1.807, 2.05) is 0 Å². The van der Waals surface area contributed by atoms with E-state index in [0.29, 0.717) is 22.5 Å². The van der Waals surface area contributed by atoms with Crippen molar-refractivity contribution >= 4 is 41.1 Å². The van der Waals surface area contributed by atoms with E-state index in [9.17, 15) is 20.2 Å². The number of aryl methyl sites for hydroxylation is 2. The fourth-order valence-corrected chi connectivity index (χ4v) is 2.08. The van der Waals surface area contributed by atoms with Crippen LogP contribution in [0.5, 0.6) is 0 Å². The molecule has 0 aromatic heterocycles. The number of non-ortho nitro benzene ring substituents is 2. The molecule has 25 heavy (non-hydrogen) atoms. The van der Waals surface area contributed by atoms with Crippen molar-refractivity contribution in [2.75, 3.05) is 5.32 Å². The highest BCUT2D eigenvalue weighted by atomic mass is 35.5. The van der Waals surface area contributed by atoms with E-state index in [-0.39, 0.29) is 29.7 Å². The van der Waals surface area contributed by atoms with Crippen LogP contribution in [0.4, 0.5) is 22.7 Å². The SMILES string of the molecule is Cc1cc([N+](=O)[O-])ccc1N=C(N)Nc1ccc([N+](=O)[O-])cc1C.Cl.